The van der Waals surface area contributed by atoms with Gasteiger partial charge in [-0.1, -0.05) is 6.42 Å². The summed E-state index contributed by atoms with van der Waals surface area (Å²) in [4.78, 5) is 0. The van der Waals surface area contributed by atoms with Gasteiger partial charge in [0, 0.05) is 26.7 Å². The lowest BCUT2D eigenvalue weighted by Gasteiger charge is -2.29. The summed E-state index contributed by atoms with van der Waals surface area (Å²) in [7, 11) is -1.74. The van der Waals surface area contributed by atoms with Crippen molar-refractivity contribution in [3.63, 3.8) is 0 Å². The predicted molar refractivity (Wildman–Crippen MR) is 63.4 cm³/mol. The first-order valence-electron chi connectivity index (χ1n) is 5.67. The van der Waals surface area contributed by atoms with Crippen molar-refractivity contribution >= 4 is 10.2 Å². The molecule has 0 amide bonds. The van der Waals surface area contributed by atoms with Crippen LogP contribution < -0.4 is 4.72 Å². The molecule has 1 fully saturated rings. The van der Waals surface area contributed by atoms with Crippen molar-refractivity contribution in [2.75, 3.05) is 26.7 Å². The van der Waals surface area contributed by atoms with Crippen LogP contribution in [-0.4, -0.2) is 45.1 Å². The van der Waals surface area contributed by atoms with Gasteiger partial charge in [-0.2, -0.15) is 17.4 Å². The molecule has 0 radical (unpaired) electrons. The van der Waals surface area contributed by atoms with Gasteiger partial charge in [0.25, 0.3) is 10.2 Å². The molecule has 0 aromatic heterocycles. The normalized spacial score (nSPS) is 19.9. The lowest BCUT2D eigenvalue weighted by atomic mass is 10.1. The van der Waals surface area contributed by atoms with Gasteiger partial charge in [0.2, 0.25) is 0 Å². The smallest absolute Gasteiger partial charge is 0.279 e. The molecular formula is C10H22N2O3S. The molecule has 0 saturated carbocycles. The summed E-state index contributed by atoms with van der Waals surface area (Å²) < 4.78 is 33.1. The van der Waals surface area contributed by atoms with Crippen molar-refractivity contribution in [3.8, 4) is 0 Å². The number of methoxy groups -OCH3 is 1. The molecule has 0 bridgehead atoms. The van der Waals surface area contributed by atoms with E-state index in [1.54, 1.807) is 7.11 Å². The monoisotopic (exact) mass is 250 g/mol. The zero-order valence-corrected chi connectivity index (χ0v) is 11.1. The summed E-state index contributed by atoms with van der Waals surface area (Å²) in [5.74, 6) is 0. The maximum Gasteiger partial charge on any atom is 0.279 e. The molecule has 0 aliphatic carbocycles. The summed E-state index contributed by atoms with van der Waals surface area (Å²) in [6.07, 6.45) is 3.03. The van der Waals surface area contributed by atoms with Crippen LogP contribution in [0.2, 0.25) is 0 Å². The van der Waals surface area contributed by atoms with Crippen LogP contribution in [0, 0.1) is 0 Å². The fourth-order valence-corrected chi connectivity index (χ4v) is 2.99. The van der Waals surface area contributed by atoms with E-state index in [2.05, 4.69) is 4.72 Å². The van der Waals surface area contributed by atoms with Gasteiger partial charge < -0.3 is 4.74 Å². The Labute approximate surface area is 98.3 Å². The first-order chi connectivity index (χ1) is 7.37. The highest BCUT2D eigenvalue weighted by atomic mass is 32.2. The topological polar surface area (TPSA) is 58.6 Å². The molecule has 1 heterocycles. The van der Waals surface area contributed by atoms with Gasteiger partial charge in [-0.15, -0.1) is 0 Å². The molecule has 0 aromatic rings. The Bertz CT molecular complexity index is 308. The van der Waals surface area contributed by atoms with Gasteiger partial charge >= 0.3 is 0 Å². The third kappa shape index (κ3) is 4.01. The molecule has 16 heavy (non-hydrogen) atoms. The largest absolute Gasteiger partial charge is 0.377 e. The number of piperidine rings is 1. The van der Waals surface area contributed by atoms with E-state index < -0.39 is 15.8 Å². The lowest BCUT2D eigenvalue weighted by Crippen LogP contribution is -2.48. The average Bonchev–Trinajstić information content (AvgIpc) is 2.28. The first-order valence-corrected chi connectivity index (χ1v) is 7.11. The van der Waals surface area contributed by atoms with E-state index in [0.29, 0.717) is 19.6 Å². The summed E-state index contributed by atoms with van der Waals surface area (Å²) >= 11 is 0. The number of rotatable bonds is 5. The van der Waals surface area contributed by atoms with Crippen LogP contribution in [-0.2, 0) is 14.9 Å². The number of hydrogen-bond acceptors (Lipinski definition) is 3. The van der Waals surface area contributed by atoms with Crippen LogP contribution in [0.1, 0.15) is 33.1 Å². The van der Waals surface area contributed by atoms with Gasteiger partial charge in [-0.25, -0.2) is 0 Å². The van der Waals surface area contributed by atoms with Crippen LogP contribution >= 0.6 is 0 Å². The van der Waals surface area contributed by atoms with Crippen molar-refractivity contribution in [1.29, 1.82) is 0 Å². The van der Waals surface area contributed by atoms with Gasteiger partial charge in [0.05, 0.1) is 5.60 Å². The van der Waals surface area contributed by atoms with Crippen LogP contribution in [0.5, 0.6) is 0 Å². The lowest BCUT2D eigenvalue weighted by molar-refractivity contribution is 0.0273. The Morgan fingerprint density at radius 1 is 1.25 bits per heavy atom. The molecule has 1 rings (SSSR count). The molecule has 0 unspecified atom stereocenters. The molecule has 1 aliphatic heterocycles. The summed E-state index contributed by atoms with van der Waals surface area (Å²) in [6, 6.07) is 0. The third-order valence-corrected chi connectivity index (χ3v) is 4.44. The van der Waals surface area contributed by atoms with Crippen LogP contribution in [0.3, 0.4) is 0 Å². The van der Waals surface area contributed by atoms with E-state index in [0.717, 1.165) is 19.3 Å². The quantitative estimate of drug-likeness (QED) is 0.782. The van der Waals surface area contributed by atoms with Crippen LogP contribution in [0.25, 0.3) is 0 Å². The summed E-state index contributed by atoms with van der Waals surface area (Å²) in [6.45, 7) is 5.26. The van der Waals surface area contributed by atoms with Gasteiger partial charge in [-0.3, -0.25) is 0 Å². The van der Waals surface area contributed by atoms with E-state index in [-0.39, 0.29) is 0 Å². The minimum Gasteiger partial charge on any atom is -0.377 e. The third-order valence-electron chi connectivity index (χ3n) is 2.89. The van der Waals surface area contributed by atoms with E-state index in [4.69, 9.17) is 4.74 Å². The number of nitrogens with one attached hydrogen (secondary N) is 1. The predicted octanol–water partition coefficient (Wildman–Crippen LogP) is 0.732. The van der Waals surface area contributed by atoms with Crippen molar-refractivity contribution < 1.29 is 13.2 Å². The molecule has 1 aliphatic rings. The number of hydrogen-bond donors (Lipinski definition) is 1. The fraction of sp³-hybridized carbons (Fsp3) is 1.00. The highest BCUT2D eigenvalue weighted by Crippen LogP contribution is 2.13. The molecule has 6 heteroatoms. The molecule has 1 N–H and O–H groups in total. The molecule has 0 aromatic carbocycles. The highest BCUT2D eigenvalue weighted by Gasteiger charge is 2.26. The minimum absolute atomic E-state index is 0.294. The number of ether oxygens (including phenoxy) is 1. The Balaban J connectivity index is 2.51. The van der Waals surface area contributed by atoms with E-state index in [1.165, 1.54) is 4.31 Å². The Morgan fingerprint density at radius 2 is 1.81 bits per heavy atom. The Hall–Kier alpha value is -0.170. The standard InChI is InChI=1S/C10H22N2O3S/c1-10(2,15-3)9-11-16(13,14)12-7-5-4-6-8-12/h11H,4-9H2,1-3H3. The maximum absolute atomic E-state index is 11.9. The Kier molecular flexibility index (Phi) is 4.73. The molecule has 0 atom stereocenters. The van der Waals surface area contributed by atoms with E-state index in [9.17, 15) is 8.42 Å². The zero-order chi connectivity index (χ0) is 12.2. The second-order valence-corrected chi connectivity index (χ2v) is 6.50. The average molecular weight is 250 g/mol. The summed E-state index contributed by atoms with van der Waals surface area (Å²) in [5.41, 5.74) is -0.469. The number of nitrogens with zero attached hydrogens (tertiary/aromatic N) is 1. The van der Waals surface area contributed by atoms with E-state index >= 15 is 0 Å². The molecule has 0 spiro atoms. The van der Waals surface area contributed by atoms with Crippen LogP contribution in [0.15, 0.2) is 0 Å². The van der Waals surface area contributed by atoms with Crippen LogP contribution in [0.4, 0.5) is 0 Å². The first kappa shape index (κ1) is 13.9. The minimum atomic E-state index is -3.32. The fourth-order valence-electron chi connectivity index (χ4n) is 1.53. The van der Waals surface area contributed by atoms with Crippen molar-refractivity contribution in [2.45, 2.75) is 38.7 Å². The molecule has 5 nitrogen and oxygen atoms in total. The second kappa shape index (κ2) is 5.44. The molecule has 96 valence electrons. The highest BCUT2D eigenvalue weighted by molar-refractivity contribution is 7.87. The summed E-state index contributed by atoms with van der Waals surface area (Å²) in [5, 5.41) is 0. The Morgan fingerprint density at radius 3 is 2.31 bits per heavy atom. The van der Waals surface area contributed by atoms with Crippen molar-refractivity contribution in [2.24, 2.45) is 0 Å². The van der Waals surface area contributed by atoms with Gasteiger partial charge in [0.15, 0.2) is 0 Å². The molecule has 1 saturated heterocycles. The molecular weight excluding hydrogens is 228 g/mol. The zero-order valence-electron chi connectivity index (χ0n) is 10.3. The maximum atomic E-state index is 11.9. The van der Waals surface area contributed by atoms with Gasteiger partial charge in [0.1, 0.15) is 0 Å². The SMILES string of the molecule is COC(C)(C)CNS(=O)(=O)N1CCCCC1. The van der Waals surface area contributed by atoms with Gasteiger partial charge in [-0.05, 0) is 26.7 Å². The van der Waals surface area contributed by atoms with E-state index in [1.807, 2.05) is 13.8 Å². The van der Waals surface area contributed by atoms with Crippen molar-refractivity contribution in [3.05, 3.63) is 0 Å². The van der Waals surface area contributed by atoms with Crippen molar-refractivity contribution in [1.82, 2.24) is 9.03 Å². The second-order valence-electron chi connectivity index (χ2n) is 4.75.